The summed E-state index contributed by atoms with van der Waals surface area (Å²) in [6, 6.07) is 4.42. The van der Waals surface area contributed by atoms with Crippen LogP contribution in [-0.2, 0) is 6.42 Å². The molecule has 0 aliphatic rings. The summed E-state index contributed by atoms with van der Waals surface area (Å²) in [5.41, 5.74) is 1.11. The number of hydrogen-bond donors (Lipinski definition) is 1. The number of pyridine rings is 1. The van der Waals surface area contributed by atoms with E-state index < -0.39 is 0 Å². The van der Waals surface area contributed by atoms with Crippen LogP contribution in [0.5, 0.6) is 0 Å². The summed E-state index contributed by atoms with van der Waals surface area (Å²) in [5, 5.41) is 3.18. The van der Waals surface area contributed by atoms with E-state index in [0.717, 1.165) is 16.6 Å². The highest BCUT2D eigenvalue weighted by Gasteiger charge is 2.04. The first kappa shape index (κ1) is 9.68. The number of hydrogen-bond acceptors (Lipinski definition) is 2. The average Bonchev–Trinajstić information content (AvgIpc) is 2.09. The molecule has 1 heterocycles. The van der Waals surface area contributed by atoms with Gasteiger partial charge in [-0.1, -0.05) is 0 Å². The maximum atomic E-state index is 4.28. The van der Waals surface area contributed by atoms with Crippen molar-refractivity contribution in [3.05, 3.63) is 28.5 Å². The lowest BCUT2D eigenvalue weighted by atomic mass is 10.2. The van der Waals surface area contributed by atoms with Gasteiger partial charge in [0.1, 0.15) is 0 Å². The van der Waals surface area contributed by atoms with Crippen LogP contribution in [-0.4, -0.2) is 18.1 Å². The van der Waals surface area contributed by atoms with Crippen LogP contribution in [0.15, 0.2) is 22.8 Å². The molecule has 0 spiro atoms. The number of nitrogens with one attached hydrogen (secondary N) is 1. The molecule has 1 atom stereocenters. The summed E-state index contributed by atoms with van der Waals surface area (Å²) in [6.45, 7) is 2.14. The quantitative estimate of drug-likeness (QED) is 0.857. The minimum atomic E-state index is 0.469. The third-order valence-electron chi connectivity index (χ3n) is 1.83. The number of nitrogens with zero attached hydrogens (tertiary/aromatic N) is 1. The van der Waals surface area contributed by atoms with E-state index in [2.05, 4.69) is 33.2 Å². The van der Waals surface area contributed by atoms with Crippen molar-refractivity contribution in [2.24, 2.45) is 0 Å². The second-order valence-corrected chi connectivity index (χ2v) is 3.68. The van der Waals surface area contributed by atoms with Gasteiger partial charge in [0.25, 0.3) is 0 Å². The molecule has 1 rings (SSSR count). The molecular formula is C9H13BrN2. The largest absolute Gasteiger partial charge is 0.317 e. The summed E-state index contributed by atoms with van der Waals surface area (Å²) in [7, 11) is 1.96. The molecule has 0 saturated carbocycles. The Balaban J connectivity index is 2.69. The standard InChI is InChI=1S/C9H13BrN2/c1-7(11-2)6-9-8(10)4-3-5-12-9/h3-5,7,11H,6H2,1-2H3. The van der Waals surface area contributed by atoms with Crippen LogP contribution in [0.4, 0.5) is 0 Å². The van der Waals surface area contributed by atoms with Crippen molar-refractivity contribution in [2.75, 3.05) is 7.05 Å². The number of rotatable bonds is 3. The molecular weight excluding hydrogens is 216 g/mol. The van der Waals surface area contributed by atoms with Gasteiger partial charge in [0, 0.05) is 23.1 Å². The molecule has 0 fully saturated rings. The zero-order valence-electron chi connectivity index (χ0n) is 7.34. The van der Waals surface area contributed by atoms with Crippen molar-refractivity contribution in [3.63, 3.8) is 0 Å². The maximum Gasteiger partial charge on any atom is 0.0560 e. The molecule has 0 aromatic carbocycles. The highest BCUT2D eigenvalue weighted by atomic mass is 79.9. The normalized spacial score (nSPS) is 12.9. The minimum Gasteiger partial charge on any atom is -0.317 e. The number of halogens is 1. The first-order valence-corrected chi connectivity index (χ1v) is 4.80. The van der Waals surface area contributed by atoms with Gasteiger partial charge in [0.2, 0.25) is 0 Å². The molecule has 0 amide bonds. The van der Waals surface area contributed by atoms with Gasteiger partial charge in [-0.2, -0.15) is 0 Å². The van der Waals surface area contributed by atoms with Crippen LogP contribution in [0.2, 0.25) is 0 Å². The lowest BCUT2D eigenvalue weighted by Gasteiger charge is -2.09. The van der Waals surface area contributed by atoms with E-state index >= 15 is 0 Å². The molecule has 0 aliphatic carbocycles. The smallest absolute Gasteiger partial charge is 0.0560 e. The summed E-state index contributed by atoms with van der Waals surface area (Å²) < 4.78 is 1.09. The van der Waals surface area contributed by atoms with Crippen LogP contribution >= 0.6 is 15.9 Å². The topological polar surface area (TPSA) is 24.9 Å². The predicted molar refractivity (Wildman–Crippen MR) is 54.2 cm³/mol. The second kappa shape index (κ2) is 4.58. The van der Waals surface area contributed by atoms with E-state index in [4.69, 9.17) is 0 Å². The Morgan fingerprint density at radius 1 is 1.67 bits per heavy atom. The van der Waals surface area contributed by atoms with Gasteiger partial charge in [0.15, 0.2) is 0 Å². The van der Waals surface area contributed by atoms with Crippen molar-refractivity contribution < 1.29 is 0 Å². The molecule has 0 aliphatic heterocycles. The summed E-state index contributed by atoms with van der Waals surface area (Å²) in [5.74, 6) is 0. The molecule has 1 unspecified atom stereocenters. The molecule has 0 bridgehead atoms. The van der Waals surface area contributed by atoms with Gasteiger partial charge >= 0.3 is 0 Å². The highest BCUT2D eigenvalue weighted by molar-refractivity contribution is 9.10. The summed E-state index contributed by atoms with van der Waals surface area (Å²) >= 11 is 3.46. The lowest BCUT2D eigenvalue weighted by Crippen LogP contribution is -2.24. The van der Waals surface area contributed by atoms with Gasteiger partial charge < -0.3 is 5.32 Å². The Kier molecular flexibility index (Phi) is 3.69. The van der Waals surface area contributed by atoms with E-state index in [-0.39, 0.29) is 0 Å². The van der Waals surface area contributed by atoms with E-state index in [1.165, 1.54) is 0 Å². The molecule has 1 aromatic heterocycles. The second-order valence-electron chi connectivity index (χ2n) is 2.83. The van der Waals surface area contributed by atoms with Crippen molar-refractivity contribution >= 4 is 15.9 Å². The summed E-state index contributed by atoms with van der Waals surface area (Å²) in [6.07, 6.45) is 2.78. The maximum absolute atomic E-state index is 4.28. The zero-order valence-corrected chi connectivity index (χ0v) is 8.93. The van der Waals surface area contributed by atoms with Gasteiger partial charge in [-0.15, -0.1) is 0 Å². The van der Waals surface area contributed by atoms with Crippen LogP contribution in [0.1, 0.15) is 12.6 Å². The van der Waals surface area contributed by atoms with Crippen molar-refractivity contribution in [1.82, 2.24) is 10.3 Å². The molecule has 3 heteroatoms. The van der Waals surface area contributed by atoms with Crippen LogP contribution in [0.3, 0.4) is 0 Å². The fourth-order valence-electron chi connectivity index (χ4n) is 0.961. The van der Waals surface area contributed by atoms with Gasteiger partial charge in [-0.05, 0) is 42.0 Å². The fraction of sp³-hybridized carbons (Fsp3) is 0.444. The van der Waals surface area contributed by atoms with Crippen LogP contribution in [0, 0.1) is 0 Å². The predicted octanol–water partition coefficient (Wildman–Crippen LogP) is 1.99. The average molecular weight is 229 g/mol. The van der Waals surface area contributed by atoms with Gasteiger partial charge in [0.05, 0.1) is 5.69 Å². The van der Waals surface area contributed by atoms with E-state index in [0.29, 0.717) is 6.04 Å². The van der Waals surface area contributed by atoms with Crippen molar-refractivity contribution in [2.45, 2.75) is 19.4 Å². The molecule has 1 aromatic rings. The summed E-state index contributed by atoms with van der Waals surface area (Å²) in [4.78, 5) is 4.28. The third-order valence-corrected chi connectivity index (χ3v) is 2.55. The van der Waals surface area contributed by atoms with E-state index in [1.54, 1.807) is 0 Å². The van der Waals surface area contributed by atoms with Crippen LogP contribution < -0.4 is 5.32 Å². The molecule has 66 valence electrons. The van der Waals surface area contributed by atoms with E-state index in [1.807, 2.05) is 25.4 Å². The van der Waals surface area contributed by atoms with Crippen molar-refractivity contribution in [3.8, 4) is 0 Å². The Hall–Kier alpha value is -0.410. The molecule has 12 heavy (non-hydrogen) atoms. The van der Waals surface area contributed by atoms with Crippen molar-refractivity contribution in [1.29, 1.82) is 0 Å². The Labute approximate surface area is 81.5 Å². The Morgan fingerprint density at radius 2 is 2.42 bits per heavy atom. The molecule has 2 nitrogen and oxygen atoms in total. The third kappa shape index (κ3) is 2.57. The lowest BCUT2D eigenvalue weighted by molar-refractivity contribution is 0.599. The van der Waals surface area contributed by atoms with Gasteiger partial charge in [-0.25, -0.2) is 0 Å². The number of likely N-dealkylation sites (N-methyl/N-ethyl adjacent to an activating group) is 1. The van der Waals surface area contributed by atoms with Gasteiger partial charge in [-0.3, -0.25) is 4.98 Å². The minimum absolute atomic E-state index is 0.469. The van der Waals surface area contributed by atoms with Crippen LogP contribution in [0.25, 0.3) is 0 Å². The first-order valence-electron chi connectivity index (χ1n) is 4.00. The zero-order chi connectivity index (χ0) is 8.97. The fourth-order valence-corrected chi connectivity index (χ4v) is 1.38. The molecule has 0 saturated heterocycles. The van der Waals surface area contributed by atoms with E-state index in [9.17, 15) is 0 Å². The Morgan fingerprint density at radius 3 is 3.00 bits per heavy atom. The molecule has 1 N–H and O–H groups in total. The first-order chi connectivity index (χ1) is 5.74. The SMILES string of the molecule is CNC(C)Cc1ncccc1Br. The number of aromatic nitrogens is 1. The molecule has 0 radical (unpaired) electrons. The monoisotopic (exact) mass is 228 g/mol. The Bertz CT molecular complexity index is 250. The highest BCUT2D eigenvalue weighted by Crippen LogP contribution is 2.14.